The number of halogens is 1. The lowest BCUT2D eigenvalue weighted by atomic mass is 10.2. The number of carbonyl (C=O) groups is 2. The standard InChI is InChI=1S/C15H14FN3O2/c16-13-3-1-11(2-4-13)9-18-14(20)15(21)19-10-12-5-7-17-8-6-12/h1-8H,9-10H2,(H,18,20)(H,19,21). The first-order valence-electron chi connectivity index (χ1n) is 6.34. The Morgan fingerprint density at radius 1 is 0.857 bits per heavy atom. The first kappa shape index (κ1) is 14.6. The number of aromatic nitrogens is 1. The van der Waals surface area contributed by atoms with E-state index < -0.39 is 11.8 Å². The van der Waals surface area contributed by atoms with Crippen LogP contribution in [0.15, 0.2) is 48.8 Å². The van der Waals surface area contributed by atoms with E-state index in [4.69, 9.17) is 0 Å². The summed E-state index contributed by atoms with van der Waals surface area (Å²) in [5.41, 5.74) is 1.57. The fourth-order valence-electron chi connectivity index (χ4n) is 1.63. The van der Waals surface area contributed by atoms with Crippen LogP contribution in [0.5, 0.6) is 0 Å². The molecule has 0 atom stereocenters. The van der Waals surface area contributed by atoms with Crippen molar-refractivity contribution in [2.45, 2.75) is 13.1 Å². The Hall–Kier alpha value is -2.76. The highest BCUT2D eigenvalue weighted by molar-refractivity contribution is 6.35. The van der Waals surface area contributed by atoms with Gasteiger partial charge in [0.15, 0.2) is 0 Å². The number of rotatable bonds is 4. The molecule has 2 N–H and O–H groups in total. The molecule has 6 heteroatoms. The van der Waals surface area contributed by atoms with Crippen LogP contribution in [0.4, 0.5) is 4.39 Å². The van der Waals surface area contributed by atoms with Gasteiger partial charge in [-0.05, 0) is 35.4 Å². The maximum Gasteiger partial charge on any atom is 0.309 e. The lowest BCUT2D eigenvalue weighted by Crippen LogP contribution is -2.39. The van der Waals surface area contributed by atoms with Gasteiger partial charge < -0.3 is 10.6 Å². The van der Waals surface area contributed by atoms with Crippen molar-refractivity contribution in [1.29, 1.82) is 0 Å². The molecule has 2 amide bonds. The summed E-state index contributed by atoms with van der Waals surface area (Å²) in [6.45, 7) is 0.424. The van der Waals surface area contributed by atoms with Gasteiger partial charge in [-0.15, -0.1) is 0 Å². The molecule has 0 saturated heterocycles. The van der Waals surface area contributed by atoms with Crippen LogP contribution in [0.2, 0.25) is 0 Å². The molecule has 1 aromatic heterocycles. The highest BCUT2D eigenvalue weighted by atomic mass is 19.1. The van der Waals surface area contributed by atoms with E-state index in [1.807, 2.05) is 0 Å². The number of amides is 2. The van der Waals surface area contributed by atoms with Gasteiger partial charge in [-0.1, -0.05) is 12.1 Å². The average Bonchev–Trinajstić information content (AvgIpc) is 2.52. The largest absolute Gasteiger partial charge is 0.344 e. The van der Waals surface area contributed by atoms with E-state index in [0.717, 1.165) is 5.56 Å². The van der Waals surface area contributed by atoms with E-state index >= 15 is 0 Å². The molecule has 2 aromatic rings. The van der Waals surface area contributed by atoms with Crippen LogP contribution in [0.3, 0.4) is 0 Å². The van der Waals surface area contributed by atoms with Crippen molar-refractivity contribution < 1.29 is 14.0 Å². The first-order valence-corrected chi connectivity index (χ1v) is 6.34. The molecular formula is C15H14FN3O2. The fraction of sp³-hybridized carbons (Fsp3) is 0.133. The molecule has 0 aliphatic carbocycles. The van der Waals surface area contributed by atoms with E-state index in [1.165, 1.54) is 12.1 Å². The van der Waals surface area contributed by atoms with Gasteiger partial charge in [0.2, 0.25) is 0 Å². The Morgan fingerprint density at radius 3 is 1.86 bits per heavy atom. The number of nitrogens with zero attached hydrogens (tertiary/aromatic N) is 1. The molecule has 5 nitrogen and oxygen atoms in total. The summed E-state index contributed by atoms with van der Waals surface area (Å²) in [4.78, 5) is 27.0. The maximum atomic E-state index is 12.7. The molecule has 0 saturated carbocycles. The second-order valence-corrected chi connectivity index (χ2v) is 4.35. The highest BCUT2D eigenvalue weighted by Gasteiger charge is 2.12. The monoisotopic (exact) mass is 287 g/mol. The Bertz CT molecular complexity index is 615. The van der Waals surface area contributed by atoms with E-state index in [0.29, 0.717) is 5.56 Å². The second-order valence-electron chi connectivity index (χ2n) is 4.35. The molecule has 0 aliphatic rings. The number of benzene rings is 1. The maximum absolute atomic E-state index is 12.7. The minimum Gasteiger partial charge on any atom is -0.344 e. The van der Waals surface area contributed by atoms with E-state index in [2.05, 4.69) is 15.6 Å². The number of hydrogen-bond donors (Lipinski definition) is 2. The summed E-state index contributed by atoms with van der Waals surface area (Å²) >= 11 is 0. The average molecular weight is 287 g/mol. The topological polar surface area (TPSA) is 71.1 Å². The van der Waals surface area contributed by atoms with Crippen molar-refractivity contribution in [3.8, 4) is 0 Å². The van der Waals surface area contributed by atoms with Gasteiger partial charge in [0.05, 0.1) is 0 Å². The van der Waals surface area contributed by atoms with Crippen LogP contribution in [-0.2, 0) is 22.7 Å². The van der Waals surface area contributed by atoms with Crippen molar-refractivity contribution in [3.63, 3.8) is 0 Å². The van der Waals surface area contributed by atoms with Crippen LogP contribution >= 0.6 is 0 Å². The fourth-order valence-corrected chi connectivity index (χ4v) is 1.63. The van der Waals surface area contributed by atoms with Crippen molar-refractivity contribution in [2.75, 3.05) is 0 Å². The number of pyridine rings is 1. The van der Waals surface area contributed by atoms with Crippen molar-refractivity contribution >= 4 is 11.8 Å². The molecule has 2 rings (SSSR count). The predicted octanol–water partition coefficient (Wildman–Crippen LogP) is 1.15. The van der Waals surface area contributed by atoms with Gasteiger partial charge in [-0.25, -0.2) is 4.39 Å². The summed E-state index contributed by atoms with van der Waals surface area (Å²) in [6.07, 6.45) is 3.21. The third-order valence-electron chi connectivity index (χ3n) is 2.77. The van der Waals surface area contributed by atoms with Gasteiger partial charge in [0, 0.05) is 25.5 Å². The molecular weight excluding hydrogens is 273 g/mol. The number of hydrogen-bond acceptors (Lipinski definition) is 3. The molecule has 0 aliphatic heterocycles. The Kier molecular flexibility index (Phi) is 4.98. The normalized spacial score (nSPS) is 9.95. The molecule has 1 heterocycles. The van der Waals surface area contributed by atoms with Crippen LogP contribution in [-0.4, -0.2) is 16.8 Å². The molecule has 0 fully saturated rings. The lowest BCUT2D eigenvalue weighted by molar-refractivity contribution is -0.139. The van der Waals surface area contributed by atoms with Crippen molar-refractivity contribution in [2.24, 2.45) is 0 Å². The Labute approximate surface area is 121 Å². The Balaban J connectivity index is 1.77. The zero-order chi connectivity index (χ0) is 15.1. The van der Waals surface area contributed by atoms with Gasteiger partial charge in [0.1, 0.15) is 5.82 Å². The van der Waals surface area contributed by atoms with Gasteiger partial charge in [0.25, 0.3) is 0 Å². The summed E-state index contributed by atoms with van der Waals surface area (Å²) in [6, 6.07) is 9.18. The molecule has 0 unspecified atom stereocenters. The van der Waals surface area contributed by atoms with Crippen LogP contribution in [0.25, 0.3) is 0 Å². The molecule has 0 radical (unpaired) electrons. The molecule has 0 bridgehead atoms. The lowest BCUT2D eigenvalue weighted by Gasteiger charge is -2.06. The summed E-state index contributed by atoms with van der Waals surface area (Å²) in [5, 5.41) is 4.97. The van der Waals surface area contributed by atoms with E-state index in [9.17, 15) is 14.0 Å². The molecule has 21 heavy (non-hydrogen) atoms. The van der Waals surface area contributed by atoms with E-state index in [1.54, 1.807) is 36.7 Å². The third-order valence-corrected chi connectivity index (χ3v) is 2.77. The van der Waals surface area contributed by atoms with Crippen molar-refractivity contribution in [1.82, 2.24) is 15.6 Å². The van der Waals surface area contributed by atoms with Gasteiger partial charge in [-0.3, -0.25) is 14.6 Å². The number of nitrogens with one attached hydrogen (secondary N) is 2. The second kappa shape index (κ2) is 7.14. The highest BCUT2D eigenvalue weighted by Crippen LogP contribution is 2.02. The van der Waals surface area contributed by atoms with Crippen LogP contribution in [0.1, 0.15) is 11.1 Å². The Morgan fingerprint density at radius 2 is 1.33 bits per heavy atom. The summed E-state index contributed by atoms with van der Waals surface area (Å²) in [7, 11) is 0. The first-order chi connectivity index (χ1) is 10.1. The molecule has 108 valence electrons. The van der Waals surface area contributed by atoms with Crippen LogP contribution in [0, 0.1) is 5.82 Å². The predicted molar refractivity (Wildman–Crippen MR) is 74.3 cm³/mol. The van der Waals surface area contributed by atoms with Crippen molar-refractivity contribution in [3.05, 3.63) is 65.7 Å². The van der Waals surface area contributed by atoms with Gasteiger partial charge in [-0.2, -0.15) is 0 Å². The smallest absolute Gasteiger partial charge is 0.309 e. The minimum atomic E-state index is -0.728. The quantitative estimate of drug-likeness (QED) is 0.829. The third kappa shape index (κ3) is 4.68. The summed E-state index contributed by atoms with van der Waals surface area (Å²) in [5.74, 6) is -1.79. The van der Waals surface area contributed by atoms with Crippen LogP contribution < -0.4 is 10.6 Å². The zero-order valence-electron chi connectivity index (χ0n) is 11.2. The molecule has 0 spiro atoms. The van der Waals surface area contributed by atoms with E-state index in [-0.39, 0.29) is 18.9 Å². The minimum absolute atomic E-state index is 0.168. The summed E-state index contributed by atoms with van der Waals surface area (Å²) < 4.78 is 12.7. The van der Waals surface area contributed by atoms with Gasteiger partial charge >= 0.3 is 11.8 Å². The zero-order valence-corrected chi connectivity index (χ0v) is 11.2. The number of carbonyl (C=O) groups excluding carboxylic acids is 2. The molecule has 1 aromatic carbocycles. The SMILES string of the molecule is O=C(NCc1ccncc1)C(=O)NCc1ccc(F)cc1.